The fourth-order valence-corrected chi connectivity index (χ4v) is 3.00. The quantitative estimate of drug-likeness (QED) is 0.749. The summed E-state index contributed by atoms with van der Waals surface area (Å²) in [5.74, 6) is 2.57. The molecule has 30 heavy (non-hydrogen) atoms. The second-order valence-electron chi connectivity index (χ2n) is 8.21. The molecule has 0 atom stereocenters. The van der Waals surface area contributed by atoms with Gasteiger partial charge in [-0.25, -0.2) is 4.79 Å². The number of nitrogens with two attached hydrogens (primary N) is 1. The average molecular weight is 412 g/mol. The summed E-state index contributed by atoms with van der Waals surface area (Å²) in [6, 6.07) is 13.4. The number of benzene rings is 2. The number of methoxy groups -OCH3 is 1. The number of fused-ring (bicyclic) bond motifs is 1. The zero-order valence-corrected chi connectivity index (χ0v) is 18.1. The van der Waals surface area contributed by atoms with Gasteiger partial charge in [-0.15, -0.1) is 0 Å². The van der Waals surface area contributed by atoms with E-state index in [0.29, 0.717) is 30.4 Å². The van der Waals surface area contributed by atoms with E-state index in [2.05, 4.69) is 5.32 Å². The van der Waals surface area contributed by atoms with Crippen LogP contribution in [0.4, 0.5) is 10.5 Å². The highest BCUT2D eigenvalue weighted by Gasteiger charge is 2.23. The van der Waals surface area contributed by atoms with E-state index in [1.54, 1.807) is 18.9 Å². The molecule has 0 fully saturated rings. The lowest BCUT2D eigenvalue weighted by molar-refractivity contribution is 0.0216. The SMILES string of the molecule is COc1ccc(CN(Cc2ccc3c(c2)NC(N)=C(C)O3)C(=O)OC(C)(C)C)cc1. The Hall–Kier alpha value is -3.35. The number of anilines is 1. The Morgan fingerprint density at radius 2 is 1.73 bits per heavy atom. The number of amides is 1. The third kappa shape index (κ3) is 5.37. The van der Waals surface area contributed by atoms with Gasteiger partial charge in [0.15, 0.2) is 5.75 Å². The van der Waals surface area contributed by atoms with E-state index in [1.807, 2.05) is 63.2 Å². The van der Waals surface area contributed by atoms with Crippen molar-refractivity contribution in [2.24, 2.45) is 5.73 Å². The highest BCUT2D eigenvalue weighted by Crippen LogP contribution is 2.32. The third-order valence-electron chi connectivity index (χ3n) is 4.51. The highest BCUT2D eigenvalue weighted by molar-refractivity contribution is 5.69. The first kappa shape index (κ1) is 21.4. The van der Waals surface area contributed by atoms with Crippen LogP contribution in [0.15, 0.2) is 54.0 Å². The molecule has 7 heteroatoms. The molecule has 1 aliphatic rings. The number of nitrogens with one attached hydrogen (secondary N) is 1. The van der Waals surface area contributed by atoms with Crippen LogP contribution in [0.25, 0.3) is 0 Å². The van der Waals surface area contributed by atoms with Crippen LogP contribution in [-0.4, -0.2) is 23.7 Å². The molecular formula is C23H29N3O4. The number of hydrogen-bond donors (Lipinski definition) is 2. The molecule has 0 aliphatic carbocycles. The summed E-state index contributed by atoms with van der Waals surface area (Å²) in [5, 5.41) is 3.14. The Kier molecular flexibility index (Phi) is 6.10. The zero-order valence-electron chi connectivity index (χ0n) is 18.1. The summed E-state index contributed by atoms with van der Waals surface area (Å²) in [6.07, 6.45) is -0.379. The van der Waals surface area contributed by atoms with E-state index in [0.717, 1.165) is 22.6 Å². The van der Waals surface area contributed by atoms with Crippen molar-refractivity contribution in [3.8, 4) is 11.5 Å². The molecular weight excluding hydrogens is 382 g/mol. The van der Waals surface area contributed by atoms with Crippen molar-refractivity contribution in [3.05, 3.63) is 65.2 Å². The van der Waals surface area contributed by atoms with E-state index < -0.39 is 5.60 Å². The molecule has 0 unspecified atom stereocenters. The molecule has 2 aromatic carbocycles. The first-order chi connectivity index (χ1) is 14.1. The van der Waals surface area contributed by atoms with Crippen molar-refractivity contribution in [1.29, 1.82) is 0 Å². The Morgan fingerprint density at radius 1 is 1.10 bits per heavy atom. The molecule has 1 amide bonds. The van der Waals surface area contributed by atoms with Crippen LogP contribution in [0.2, 0.25) is 0 Å². The topological polar surface area (TPSA) is 86.0 Å². The molecule has 3 N–H and O–H groups in total. The molecule has 0 aromatic heterocycles. The molecule has 160 valence electrons. The molecule has 1 heterocycles. The first-order valence-electron chi connectivity index (χ1n) is 9.79. The van der Waals surface area contributed by atoms with Gasteiger partial charge in [0.2, 0.25) is 0 Å². The molecule has 1 aliphatic heterocycles. The maximum atomic E-state index is 12.9. The number of nitrogens with zero attached hydrogens (tertiary/aromatic N) is 1. The van der Waals surface area contributed by atoms with Crippen molar-refractivity contribution >= 4 is 11.8 Å². The number of ether oxygens (including phenoxy) is 3. The van der Waals surface area contributed by atoms with Crippen LogP contribution in [0, 0.1) is 0 Å². The van der Waals surface area contributed by atoms with Gasteiger partial charge in [0.25, 0.3) is 0 Å². The number of rotatable bonds is 5. The van der Waals surface area contributed by atoms with Crippen molar-refractivity contribution in [3.63, 3.8) is 0 Å². The Bertz CT molecular complexity index is 946. The number of hydrogen-bond acceptors (Lipinski definition) is 6. The smallest absolute Gasteiger partial charge is 0.410 e. The van der Waals surface area contributed by atoms with Crippen LogP contribution in [0.3, 0.4) is 0 Å². The van der Waals surface area contributed by atoms with Crippen LogP contribution >= 0.6 is 0 Å². The summed E-state index contributed by atoms with van der Waals surface area (Å²) in [6.45, 7) is 8.15. The minimum atomic E-state index is -0.586. The van der Waals surface area contributed by atoms with Crippen molar-refractivity contribution in [1.82, 2.24) is 4.90 Å². The predicted molar refractivity (Wildman–Crippen MR) is 116 cm³/mol. The monoisotopic (exact) mass is 411 g/mol. The van der Waals surface area contributed by atoms with Crippen LogP contribution in [0.1, 0.15) is 38.8 Å². The van der Waals surface area contributed by atoms with Crippen molar-refractivity contribution in [2.45, 2.75) is 46.4 Å². The summed E-state index contributed by atoms with van der Waals surface area (Å²) >= 11 is 0. The van der Waals surface area contributed by atoms with Gasteiger partial charge in [0, 0.05) is 13.1 Å². The molecule has 0 saturated carbocycles. The Morgan fingerprint density at radius 3 is 2.37 bits per heavy atom. The zero-order chi connectivity index (χ0) is 21.9. The minimum Gasteiger partial charge on any atom is -0.497 e. The summed E-state index contributed by atoms with van der Waals surface area (Å²) in [4.78, 5) is 14.6. The van der Waals surface area contributed by atoms with Gasteiger partial charge in [-0.1, -0.05) is 18.2 Å². The Balaban J connectivity index is 1.82. The van der Waals surface area contributed by atoms with Gasteiger partial charge in [-0.3, -0.25) is 4.90 Å². The second kappa shape index (κ2) is 8.57. The third-order valence-corrected chi connectivity index (χ3v) is 4.51. The molecule has 3 rings (SSSR count). The van der Waals surface area contributed by atoms with Gasteiger partial charge in [0.05, 0.1) is 12.8 Å². The van der Waals surface area contributed by atoms with E-state index in [9.17, 15) is 4.79 Å². The summed E-state index contributed by atoms with van der Waals surface area (Å²) in [7, 11) is 1.62. The van der Waals surface area contributed by atoms with Gasteiger partial charge < -0.3 is 25.3 Å². The maximum absolute atomic E-state index is 12.9. The van der Waals surface area contributed by atoms with E-state index >= 15 is 0 Å². The van der Waals surface area contributed by atoms with Crippen LogP contribution in [-0.2, 0) is 17.8 Å². The molecule has 0 spiro atoms. The van der Waals surface area contributed by atoms with Crippen LogP contribution < -0.4 is 20.5 Å². The maximum Gasteiger partial charge on any atom is 0.410 e. The molecule has 0 bridgehead atoms. The van der Waals surface area contributed by atoms with E-state index in [-0.39, 0.29) is 6.09 Å². The van der Waals surface area contributed by atoms with Crippen LogP contribution in [0.5, 0.6) is 11.5 Å². The van der Waals surface area contributed by atoms with Gasteiger partial charge in [-0.2, -0.15) is 0 Å². The lowest BCUT2D eigenvalue weighted by atomic mass is 10.1. The molecule has 0 radical (unpaired) electrons. The van der Waals surface area contributed by atoms with E-state index in [1.165, 1.54) is 0 Å². The Labute approximate surface area is 177 Å². The van der Waals surface area contributed by atoms with E-state index in [4.69, 9.17) is 19.9 Å². The second-order valence-corrected chi connectivity index (χ2v) is 8.21. The molecule has 0 saturated heterocycles. The summed E-state index contributed by atoms with van der Waals surface area (Å²) in [5.41, 5.74) is 8.02. The van der Waals surface area contributed by atoms with Gasteiger partial charge >= 0.3 is 6.09 Å². The lowest BCUT2D eigenvalue weighted by Crippen LogP contribution is -2.36. The number of allylic oxidation sites excluding steroid dienone is 1. The van der Waals surface area contributed by atoms with Gasteiger partial charge in [0.1, 0.15) is 22.9 Å². The lowest BCUT2D eigenvalue weighted by Gasteiger charge is -2.28. The first-order valence-corrected chi connectivity index (χ1v) is 9.79. The fraction of sp³-hybridized carbons (Fsp3) is 0.348. The largest absolute Gasteiger partial charge is 0.497 e. The predicted octanol–water partition coefficient (Wildman–Crippen LogP) is 4.58. The fourth-order valence-electron chi connectivity index (χ4n) is 3.00. The number of carbonyl (C=O) groups is 1. The molecule has 2 aromatic rings. The average Bonchev–Trinajstić information content (AvgIpc) is 2.68. The molecule has 7 nitrogen and oxygen atoms in total. The van der Waals surface area contributed by atoms with Crippen molar-refractivity contribution < 1.29 is 19.0 Å². The minimum absolute atomic E-state index is 0.374. The normalized spacial score (nSPS) is 13.1. The van der Waals surface area contributed by atoms with Crippen molar-refractivity contribution in [2.75, 3.05) is 12.4 Å². The summed E-state index contributed by atoms with van der Waals surface area (Å²) < 4.78 is 16.6. The standard InChI is InChI=1S/C23H29N3O4/c1-15-21(24)25-19-12-17(8-11-20(19)29-15)14-26(22(27)30-23(2,3)4)13-16-6-9-18(28-5)10-7-16/h6-12,25H,13-14,24H2,1-5H3. The van der Waals surface area contributed by atoms with Gasteiger partial charge in [-0.05, 0) is 63.1 Å². The number of carbonyl (C=O) groups excluding carboxylic acids is 1. The highest BCUT2D eigenvalue weighted by atomic mass is 16.6.